The molecule has 8 fully saturated rings. The predicted octanol–water partition coefficient (Wildman–Crippen LogP) is 38.3. The fourth-order valence-corrected chi connectivity index (χ4v) is 29.1. The van der Waals surface area contributed by atoms with Gasteiger partial charge < -0.3 is 28.4 Å². The smallest absolute Gasteiger partial charge is 0.159 e. The summed E-state index contributed by atoms with van der Waals surface area (Å²) in [6.45, 7) is 20.5. The van der Waals surface area contributed by atoms with E-state index in [2.05, 4.69) is 413 Å². The molecule has 3 heterocycles. The van der Waals surface area contributed by atoms with Crippen LogP contribution in [0.4, 0.5) is 50.2 Å². The largest absolute Gasteiger partial charge is 0.454 e. The molecule has 0 atom stereocenters. The van der Waals surface area contributed by atoms with E-state index < -0.39 is 0 Å². The molecule has 0 unspecified atom stereocenters. The van der Waals surface area contributed by atoms with Crippen molar-refractivity contribution in [2.75, 3.05) is 15.1 Å². The van der Waals surface area contributed by atoms with Gasteiger partial charge in [0.1, 0.15) is 16.7 Å². The number of para-hydroxylation sites is 6. The lowest BCUT2D eigenvalue weighted by atomic mass is 9.43. The van der Waals surface area contributed by atoms with Gasteiger partial charge in [-0.25, -0.2) is 0 Å². The van der Waals surface area contributed by atoms with Crippen LogP contribution < -0.4 is 15.1 Å². The molecule has 0 saturated heterocycles. The number of hydrogen-bond acceptors (Lipinski definition) is 6. The van der Waals surface area contributed by atoms with Gasteiger partial charge in [0, 0.05) is 79.9 Å². The van der Waals surface area contributed by atoms with E-state index in [-0.39, 0.29) is 46.6 Å². The van der Waals surface area contributed by atoms with Crippen LogP contribution >= 0.6 is 31.9 Å². The maximum Gasteiger partial charge on any atom is 0.159 e. The summed E-state index contributed by atoms with van der Waals surface area (Å²) in [6, 6.07) is 119. The molecule has 30 rings (SSSR count). The monoisotopic (exact) mass is 1920 g/mol. The average molecular weight is 1930 g/mol. The van der Waals surface area contributed by atoms with Gasteiger partial charge in [0.15, 0.2) is 16.7 Å². The maximum absolute atomic E-state index is 7.00. The van der Waals surface area contributed by atoms with E-state index in [9.17, 15) is 0 Å². The zero-order chi connectivity index (χ0) is 90.3. The Morgan fingerprint density at radius 1 is 0.270 bits per heavy atom. The summed E-state index contributed by atoms with van der Waals surface area (Å²) in [7, 11) is 0. The van der Waals surface area contributed by atoms with E-state index in [1.54, 1.807) is 11.1 Å². The number of halogens is 3. The normalized spacial score (nSPS) is 19.7. The number of rotatable bonds is 8. The molecular formula is C128H118Br2FN3O3. The summed E-state index contributed by atoms with van der Waals surface area (Å²) in [5.41, 5.74) is 30.5. The molecule has 9 heteroatoms. The third kappa shape index (κ3) is 13.6. The molecule has 1 N–H and O–H groups in total. The third-order valence-corrected chi connectivity index (χ3v) is 34.6. The third-order valence-electron chi connectivity index (χ3n) is 33.3. The number of furan rings is 3. The molecule has 6 nitrogen and oxygen atoms in total. The Morgan fingerprint density at radius 3 is 0.883 bits per heavy atom. The molecule has 8 bridgehead atoms. The molecule has 0 amide bonds. The predicted molar refractivity (Wildman–Crippen MR) is 584 cm³/mol. The van der Waals surface area contributed by atoms with Crippen LogP contribution in [0.1, 0.15) is 180 Å². The maximum atomic E-state index is 7.00. The van der Waals surface area contributed by atoms with Gasteiger partial charge in [-0.15, -0.1) is 0 Å². The van der Waals surface area contributed by atoms with Crippen LogP contribution in [-0.4, -0.2) is 0 Å². The first-order valence-corrected chi connectivity index (χ1v) is 50.6. The molecule has 0 aliphatic heterocycles. The lowest BCUT2D eigenvalue weighted by Gasteiger charge is -2.61. The lowest BCUT2D eigenvalue weighted by molar-refractivity contribution is -0.0399. The van der Waals surface area contributed by atoms with Crippen LogP contribution in [0.15, 0.2) is 344 Å². The number of nitrogens with zero attached hydrogens (tertiary/aromatic N) is 2. The highest BCUT2D eigenvalue weighted by molar-refractivity contribution is 9.11. The Bertz CT molecular complexity index is 7820. The van der Waals surface area contributed by atoms with Crippen molar-refractivity contribution in [2.45, 2.75) is 168 Å². The lowest BCUT2D eigenvalue weighted by Crippen LogP contribution is -2.55. The van der Waals surface area contributed by atoms with Gasteiger partial charge in [-0.3, -0.25) is 4.70 Å². The first kappa shape index (κ1) is 88.4. The first-order chi connectivity index (χ1) is 65.1. The van der Waals surface area contributed by atoms with Crippen molar-refractivity contribution in [3.05, 3.63) is 369 Å². The standard InChI is InChI=1S/C74H64N2O2.C30H24Br2.C22H21NO.2CH4.FH/c1-72(2,3)46-29-33-50(34-30-46)75(62-25-15-23-58-54-19-11-13-27-66(54)77-70(58)62)64-42-60-68(56-21-9-7-17-52(56)64)69-57-22-10-8-18-53(57)65(43-61(69)74(60)48-38-44-37-45(40-48)41-49(74)39-44)76(51-35-31-47(32-36-51)73(4,5)6)63-26-16-24-59-55-20-12-14-28-67(55)78-71(59)63;31-26-14-24-28(22-7-3-1-5-20(22)26)29-23-8-4-2-6-21(23)27(32)15-25(29)30(24)18-10-16-9-17(12-18)13-19(30)11-16;1-22(2,3)15-11-13-16(14-12-15)23-19-9-6-8-18-17-7-4-5-10-20(17)24-21(18)19;;;/h7-36,42-45,48-49H,37-41H2,1-6H3;1-8,14-19H,9-13H2;4-14,23H,1-3H3;2*1H4;1H. The molecule has 17 aromatic carbocycles. The molecule has 8 saturated carbocycles. The topological polar surface area (TPSA) is 57.9 Å². The highest BCUT2D eigenvalue weighted by Gasteiger charge is 2.64. The van der Waals surface area contributed by atoms with E-state index in [1.807, 2.05) is 18.2 Å². The van der Waals surface area contributed by atoms with Crippen LogP contribution in [0.25, 0.3) is 131 Å². The van der Waals surface area contributed by atoms with E-state index in [4.69, 9.17) is 13.3 Å². The van der Waals surface area contributed by atoms with Crippen molar-refractivity contribution < 1.29 is 18.0 Å². The average Bonchev–Trinajstić information content (AvgIpc) is 1.51. The van der Waals surface area contributed by atoms with E-state index in [0.717, 1.165) is 135 Å². The van der Waals surface area contributed by atoms with Crippen LogP contribution in [0.3, 0.4) is 0 Å². The van der Waals surface area contributed by atoms with Crippen molar-refractivity contribution in [1.82, 2.24) is 0 Å². The summed E-state index contributed by atoms with van der Waals surface area (Å²) < 4.78 is 22.6. The van der Waals surface area contributed by atoms with Gasteiger partial charge >= 0.3 is 0 Å². The molecular weight excluding hydrogens is 1810 g/mol. The molecule has 684 valence electrons. The molecule has 0 radical (unpaired) electrons. The second-order valence-electron chi connectivity index (χ2n) is 43.7. The van der Waals surface area contributed by atoms with Crippen LogP contribution in [0.5, 0.6) is 0 Å². The molecule has 10 aliphatic carbocycles. The van der Waals surface area contributed by atoms with Gasteiger partial charge in [-0.05, 0) is 318 Å². The van der Waals surface area contributed by atoms with Crippen molar-refractivity contribution in [1.29, 1.82) is 0 Å². The van der Waals surface area contributed by atoms with Crippen molar-refractivity contribution in [3.63, 3.8) is 0 Å². The molecule has 10 aliphatic rings. The molecule has 3 aromatic heterocycles. The Balaban J connectivity index is 0.000000145. The number of anilines is 8. The van der Waals surface area contributed by atoms with Gasteiger partial charge in [-0.1, -0.05) is 333 Å². The Hall–Kier alpha value is -12.5. The Labute approximate surface area is 820 Å². The summed E-state index contributed by atoms with van der Waals surface area (Å²) >= 11 is 8.00. The minimum atomic E-state index is -0.212. The van der Waals surface area contributed by atoms with Crippen LogP contribution in [-0.2, 0) is 27.1 Å². The number of hydrogen-bond donors (Lipinski definition) is 1. The summed E-state index contributed by atoms with van der Waals surface area (Å²) in [5, 5.41) is 20.9. The quantitative estimate of drug-likeness (QED) is 0.164. The highest BCUT2D eigenvalue weighted by atomic mass is 79.9. The minimum Gasteiger partial charge on any atom is -0.454 e. The second kappa shape index (κ2) is 32.8. The number of benzene rings is 17. The van der Waals surface area contributed by atoms with E-state index in [0.29, 0.717) is 11.8 Å². The van der Waals surface area contributed by atoms with Gasteiger partial charge in [0.05, 0.1) is 28.4 Å². The first-order valence-electron chi connectivity index (χ1n) is 49.1. The number of nitrogens with one attached hydrogen (secondary N) is 1. The van der Waals surface area contributed by atoms with Crippen molar-refractivity contribution in [3.8, 4) is 22.3 Å². The Kier molecular flexibility index (Phi) is 21.2. The molecule has 137 heavy (non-hydrogen) atoms. The zero-order valence-corrected chi connectivity index (χ0v) is 81.2. The summed E-state index contributed by atoms with van der Waals surface area (Å²) in [4.78, 5) is 5.10. The van der Waals surface area contributed by atoms with Crippen molar-refractivity contribution >= 4 is 186 Å². The molecule has 20 aromatic rings. The fraction of sp³-hybridized carbons (Fsp3) is 0.266. The van der Waals surface area contributed by atoms with Crippen LogP contribution in [0.2, 0.25) is 0 Å². The minimum absolute atomic E-state index is 0. The molecule has 2 spiro atoms. The highest BCUT2D eigenvalue weighted by Crippen LogP contribution is 2.74. The summed E-state index contributed by atoms with van der Waals surface area (Å²) in [5.74, 6) is 6.04. The second-order valence-corrected chi connectivity index (χ2v) is 45.4. The van der Waals surface area contributed by atoms with E-state index >= 15 is 0 Å². The van der Waals surface area contributed by atoms with E-state index in [1.165, 1.54) is 178 Å². The van der Waals surface area contributed by atoms with Gasteiger partial charge in [0.25, 0.3) is 0 Å². The Morgan fingerprint density at radius 2 is 0.540 bits per heavy atom. The van der Waals surface area contributed by atoms with Gasteiger partial charge in [0.2, 0.25) is 0 Å². The van der Waals surface area contributed by atoms with Crippen molar-refractivity contribution in [2.24, 2.45) is 47.3 Å². The zero-order valence-electron chi connectivity index (χ0n) is 78.1. The summed E-state index contributed by atoms with van der Waals surface area (Å²) in [6.07, 6.45) is 13.6. The number of fused-ring (bicyclic) bond motifs is 23. The SMILES string of the molecule is Brc1cc2c(c3ccccc13)-c1c(cc(Br)c3ccccc13)C21C2CC3CC(C2)CC1C3.C.C.CC(C)(C)c1ccc(N(c2cc3c(c4ccccc24)-c2c(cc(N(c4ccc(C(C)(C)C)cc4)c4cccc5c4oc4ccccc45)c4ccccc24)C32C3CC4CC(C3)CC2C4)c2cccc3c2oc2ccccc23)cc1.CC(C)(C)c1ccc(Nc2cccc3c2oc2ccccc23)cc1.F. The van der Waals surface area contributed by atoms with Gasteiger partial charge in [-0.2, -0.15) is 0 Å². The van der Waals surface area contributed by atoms with Crippen LogP contribution in [0, 0.1) is 47.3 Å². The fourth-order valence-electron chi connectivity index (χ4n) is 27.9.